The normalized spacial score (nSPS) is 45.0. The molecule has 0 aromatic heterocycles. The number of likely N-dealkylation sites (tertiary alicyclic amines) is 2. The maximum absolute atomic E-state index is 13.9. The Morgan fingerprint density at radius 1 is 0.500 bits per heavy atom. The minimum atomic E-state index is -0.220. The first kappa shape index (κ1) is 30.8. The maximum Gasteiger partial charge on any atom is 0.233 e. The standard InChI is InChI=1S/C36H54N2O6/c1-21-6-3-8-25(16-21)43-27-10-5-11-28(20-27)44-26-9-4-7-24(19-26)38-35(41)30-15-13-23(18-32(30)36(38)42)22-12-14-29-31(17-22)34(40)37(2)33(29)39/h21-32H,3-20H2,1-2H3. The molecular formula is C36H54N2O6. The number of amides is 4. The highest BCUT2D eigenvalue weighted by Crippen LogP contribution is 2.50. The molecule has 0 spiro atoms. The molecule has 2 aliphatic heterocycles. The third-order valence-corrected chi connectivity index (χ3v) is 13.1. The summed E-state index contributed by atoms with van der Waals surface area (Å²) in [4.78, 5) is 55.8. The molecule has 7 aliphatic rings. The Balaban J connectivity index is 0.931. The predicted octanol–water partition coefficient (Wildman–Crippen LogP) is 5.65. The summed E-state index contributed by atoms with van der Waals surface area (Å²) in [5.74, 6) is 0.776. The van der Waals surface area contributed by atoms with Crippen molar-refractivity contribution in [2.45, 2.75) is 153 Å². The summed E-state index contributed by atoms with van der Waals surface area (Å²) < 4.78 is 13.3. The lowest BCUT2D eigenvalue weighted by Crippen LogP contribution is -2.45. The fourth-order valence-electron chi connectivity index (χ4n) is 10.7. The fraction of sp³-hybridized carbons (Fsp3) is 0.889. The van der Waals surface area contributed by atoms with Gasteiger partial charge in [0.2, 0.25) is 23.6 Å². The number of carbonyl (C=O) groups excluding carboxylic acids is 4. The van der Waals surface area contributed by atoms with Crippen LogP contribution in [0.25, 0.3) is 0 Å². The van der Waals surface area contributed by atoms with E-state index in [4.69, 9.17) is 9.47 Å². The average Bonchev–Trinajstić information content (AvgIpc) is 3.40. The van der Waals surface area contributed by atoms with Crippen molar-refractivity contribution >= 4 is 23.6 Å². The van der Waals surface area contributed by atoms with Crippen LogP contribution in [0.2, 0.25) is 0 Å². The van der Waals surface area contributed by atoms with Crippen LogP contribution in [0.15, 0.2) is 0 Å². The summed E-state index contributed by atoms with van der Waals surface area (Å²) >= 11 is 0. The van der Waals surface area contributed by atoms with Crippen molar-refractivity contribution < 1.29 is 28.7 Å². The molecule has 0 radical (unpaired) electrons. The van der Waals surface area contributed by atoms with E-state index in [9.17, 15) is 19.2 Å². The van der Waals surface area contributed by atoms with Gasteiger partial charge < -0.3 is 9.47 Å². The van der Waals surface area contributed by atoms with Gasteiger partial charge in [0.15, 0.2) is 0 Å². The summed E-state index contributed by atoms with van der Waals surface area (Å²) in [6, 6.07) is -0.0507. The first-order chi connectivity index (χ1) is 21.3. The molecule has 0 aromatic carbocycles. The molecule has 12 atom stereocenters. The van der Waals surface area contributed by atoms with Crippen LogP contribution < -0.4 is 0 Å². The summed E-state index contributed by atoms with van der Waals surface area (Å²) in [6.45, 7) is 2.35. The van der Waals surface area contributed by atoms with Crippen molar-refractivity contribution in [2.75, 3.05) is 7.05 Å². The zero-order valence-corrected chi connectivity index (χ0v) is 27.0. The molecule has 0 aromatic rings. The molecule has 12 unspecified atom stereocenters. The van der Waals surface area contributed by atoms with E-state index in [2.05, 4.69) is 6.92 Å². The Morgan fingerprint density at radius 2 is 0.977 bits per heavy atom. The second-order valence-corrected chi connectivity index (χ2v) is 15.9. The number of ether oxygens (including phenoxy) is 2. The molecule has 5 aliphatic carbocycles. The molecule has 8 heteroatoms. The van der Waals surface area contributed by atoms with Crippen LogP contribution in [0, 0.1) is 41.4 Å². The van der Waals surface area contributed by atoms with E-state index < -0.39 is 0 Å². The van der Waals surface area contributed by atoms with Gasteiger partial charge >= 0.3 is 0 Å². The van der Waals surface area contributed by atoms with Gasteiger partial charge in [0.1, 0.15) is 0 Å². The zero-order chi connectivity index (χ0) is 30.5. The Hall–Kier alpha value is -1.80. The van der Waals surface area contributed by atoms with Crippen LogP contribution in [0.1, 0.15) is 122 Å². The summed E-state index contributed by atoms with van der Waals surface area (Å²) in [6.07, 6.45) is 18.9. The van der Waals surface area contributed by atoms with Crippen molar-refractivity contribution in [3.05, 3.63) is 0 Å². The molecule has 4 amide bonds. The van der Waals surface area contributed by atoms with E-state index >= 15 is 0 Å². The number of nitrogens with zero attached hydrogens (tertiary/aromatic N) is 2. The second kappa shape index (κ2) is 12.8. The quantitative estimate of drug-likeness (QED) is 0.361. The van der Waals surface area contributed by atoms with Crippen LogP contribution in [-0.4, -0.2) is 70.9 Å². The van der Waals surface area contributed by atoms with E-state index in [-0.39, 0.29) is 65.6 Å². The lowest BCUT2D eigenvalue weighted by molar-refractivity contribution is -0.146. The highest BCUT2D eigenvalue weighted by Gasteiger charge is 2.55. The molecule has 0 N–H and O–H groups in total. The van der Waals surface area contributed by atoms with E-state index in [0.29, 0.717) is 24.0 Å². The maximum atomic E-state index is 13.9. The molecule has 5 saturated carbocycles. The van der Waals surface area contributed by atoms with Crippen molar-refractivity contribution in [2.24, 2.45) is 41.4 Å². The monoisotopic (exact) mass is 610 g/mol. The molecule has 7 rings (SSSR count). The van der Waals surface area contributed by atoms with Gasteiger partial charge in [-0.2, -0.15) is 0 Å². The van der Waals surface area contributed by atoms with E-state index in [1.54, 1.807) is 11.9 Å². The smallest absolute Gasteiger partial charge is 0.233 e. The van der Waals surface area contributed by atoms with Gasteiger partial charge in [0, 0.05) is 13.1 Å². The number of hydrogen-bond acceptors (Lipinski definition) is 6. The first-order valence-corrected chi connectivity index (χ1v) is 18.3. The van der Waals surface area contributed by atoms with Crippen LogP contribution in [0.4, 0.5) is 0 Å². The van der Waals surface area contributed by atoms with Gasteiger partial charge in [-0.15, -0.1) is 0 Å². The molecule has 0 bridgehead atoms. The van der Waals surface area contributed by atoms with Crippen molar-refractivity contribution in [1.29, 1.82) is 0 Å². The van der Waals surface area contributed by atoms with Gasteiger partial charge in [0.05, 0.1) is 48.1 Å². The van der Waals surface area contributed by atoms with Crippen LogP contribution in [0.5, 0.6) is 0 Å². The van der Waals surface area contributed by atoms with Crippen LogP contribution in [0.3, 0.4) is 0 Å². The molecule has 2 heterocycles. The third-order valence-electron chi connectivity index (χ3n) is 13.1. The average molecular weight is 611 g/mol. The molecule has 44 heavy (non-hydrogen) atoms. The van der Waals surface area contributed by atoms with Crippen molar-refractivity contribution in [3.63, 3.8) is 0 Å². The lowest BCUT2D eigenvalue weighted by Gasteiger charge is -2.39. The number of fused-ring (bicyclic) bond motifs is 2. The summed E-state index contributed by atoms with van der Waals surface area (Å²) in [7, 11) is 1.61. The molecule has 244 valence electrons. The minimum absolute atomic E-state index is 0.0186. The second-order valence-electron chi connectivity index (χ2n) is 15.9. The highest BCUT2D eigenvalue weighted by atomic mass is 16.5. The Morgan fingerprint density at radius 3 is 1.61 bits per heavy atom. The molecule has 7 fully saturated rings. The minimum Gasteiger partial charge on any atom is -0.375 e. The van der Waals surface area contributed by atoms with Crippen molar-refractivity contribution in [1.82, 2.24) is 9.80 Å². The van der Waals surface area contributed by atoms with Gasteiger partial charge in [-0.25, -0.2) is 0 Å². The summed E-state index contributed by atoms with van der Waals surface area (Å²) in [5.41, 5.74) is 0. The first-order valence-electron chi connectivity index (χ1n) is 18.3. The van der Waals surface area contributed by atoms with Gasteiger partial charge in [0.25, 0.3) is 0 Å². The van der Waals surface area contributed by atoms with Crippen molar-refractivity contribution in [3.8, 4) is 0 Å². The fourth-order valence-corrected chi connectivity index (χ4v) is 10.7. The molecular weight excluding hydrogens is 556 g/mol. The van der Waals surface area contributed by atoms with Gasteiger partial charge in [-0.3, -0.25) is 29.0 Å². The lowest BCUT2D eigenvalue weighted by atomic mass is 9.64. The Kier molecular flexibility index (Phi) is 8.95. The molecule has 8 nitrogen and oxygen atoms in total. The Labute approximate surface area is 263 Å². The topological polar surface area (TPSA) is 93.2 Å². The van der Waals surface area contributed by atoms with Gasteiger partial charge in [-0.05, 0) is 120 Å². The largest absolute Gasteiger partial charge is 0.375 e. The number of carbonyl (C=O) groups is 4. The zero-order valence-electron chi connectivity index (χ0n) is 27.0. The van der Waals surface area contributed by atoms with Crippen LogP contribution in [-0.2, 0) is 28.7 Å². The predicted molar refractivity (Wildman–Crippen MR) is 164 cm³/mol. The van der Waals surface area contributed by atoms with Gasteiger partial charge in [-0.1, -0.05) is 19.8 Å². The van der Waals surface area contributed by atoms with E-state index in [1.807, 2.05) is 0 Å². The third kappa shape index (κ3) is 5.91. The molecule has 2 saturated heterocycles. The summed E-state index contributed by atoms with van der Waals surface area (Å²) in [5, 5.41) is 0. The van der Waals surface area contributed by atoms with E-state index in [1.165, 1.54) is 30.6 Å². The SMILES string of the molecule is CC1CCCC(OC2CCCC(OC3CCCC(N4C(=O)C5CCC(C6CCC7C(=O)N(C)C(=O)C7C6)CC5C4=O)C3)C2)C1. The highest BCUT2D eigenvalue weighted by molar-refractivity contribution is 6.06. The number of imide groups is 2. The van der Waals surface area contributed by atoms with E-state index in [0.717, 1.165) is 95.8 Å². The number of hydrogen-bond donors (Lipinski definition) is 0. The van der Waals surface area contributed by atoms with Crippen LogP contribution >= 0.6 is 0 Å². The number of rotatable bonds is 6. The Bertz CT molecular complexity index is 1130.